The number of Topliss-reactive ketones (excluding diaryl/α,β-unsaturated/α-hetero) is 3. The summed E-state index contributed by atoms with van der Waals surface area (Å²) in [6.07, 6.45) is 14.1. The van der Waals surface area contributed by atoms with Gasteiger partial charge < -0.3 is 48.6 Å². The van der Waals surface area contributed by atoms with Crippen molar-refractivity contribution in [2.45, 2.75) is 333 Å². The fourth-order valence-electron chi connectivity index (χ4n) is 16.5. The van der Waals surface area contributed by atoms with Crippen molar-refractivity contribution in [3.05, 3.63) is 48.2 Å². The van der Waals surface area contributed by atoms with E-state index in [0.717, 1.165) is 107 Å². The van der Waals surface area contributed by atoms with Crippen LogP contribution in [0.4, 0.5) is 0 Å². The molecule has 3 fully saturated rings. The number of likely N-dealkylation sites (N-methyl/N-ethyl adjacent to an activating group) is 3. The highest BCUT2D eigenvalue weighted by atomic mass is 32.1. The third-order valence-electron chi connectivity index (χ3n) is 24.9. The normalized spacial score (nSPS) is 18.7. The van der Waals surface area contributed by atoms with Crippen LogP contribution >= 0.6 is 34.0 Å². The number of thiazole rings is 3. The van der Waals surface area contributed by atoms with Crippen LogP contribution in [0.15, 0.2) is 16.1 Å². The summed E-state index contributed by atoms with van der Waals surface area (Å²) in [6, 6.07) is -1.70. The standard InChI is InChI=1S/C31H49N3O8S.C31H51N3O6S.C30H49N3O6S/c1-8-12-28(37)41-18-34(30(38)22(20(5)9-2)15-26(36)24-13-10-11-14-33(24)7)25(19(3)4)16-27(42-21(6)35)29-32-23(17-43-29)31(39)40;1-9-13-28(36)40-19-34(26(20(3)4)16-22(6)29-32-24(18-41-29)31(38)39-8)30(37)23(21(5)10-2)17-27(35)25-14-11-12-15-33(25)7;1-8-12-27(35)39-18-33(25(19(3)4)15-21(6)28-31-23(17-40-28)30(37)38)29(36)22(20(5)9-2)16-26(34)24-13-10-11-14-32(24)7/h17,19-20,22,24-25,27H,8-16,18H2,1-7H3,(H,39,40);18,20-23,25-26H,9-17,19H2,1-8H3;17,19-22,24-25H,8-16,18H2,1-7H3,(H,37,38)/t20-,22-,24?,25+,27+;21-,22+,23-,25?,26+;20-,21+,22-,24?,25+/m000/s1. The Hall–Kier alpha value is -7.52. The number of rotatable bonds is 49. The monoisotopic (exact) mass is 1800 g/mol. The highest BCUT2D eigenvalue weighted by Gasteiger charge is 2.44. The Morgan fingerprint density at radius 1 is 0.435 bits per heavy atom. The summed E-state index contributed by atoms with van der Waals surface area (Å²) >= 11 is 3.74. The van der Waals surface area contributed by atoms with Crippen molar-refractivity contribution in [1.29, 1.82) is 0 Å². The first-order chi connectivity index (χ1) is 58.6. The second-order valence-corrected chi connectivity index (χ2v) is 38.1. The van der Waals surface area contributed by atoms with Gasteiger partial charge in [0.15, 0.2) is 60.7 Å². The van der Waals surface area contributed by atoms with Gasteiger partial charge in [-0.15, -0.1) is 34.0 Å². The number of hydrogen-bond acceptors (Lipinski definition) is 27. The van der Waals surface area contributed by atoms with Crippen LogP contribution in [-0.4, -0.2) is 236 Å². The van der Waals surface area contributed by atoms with Crippen LogP contribution in [0.3, 0.4) is 0 Å². The van der Waals surface area contributed by atoms with Crippen LogP contribution in [0.1, 0.15) is 343 Å². The maximum absolute atomic E-state index is 14.5. The molecule has 6 heterocycles. The smallest absolute Gasteiger partial charge is 0.357 e. The minimum absolute atomic E-state index is 0.0115. The second-order valence-electron chi connectivity index (χ2n) is 35.4. The van der Waals surface area contributed by atoms with E-state index in [9.17, 15) is 72.5 Å². The number of aromatic nitrogens is 3. The first-order valence-corrected chi connectivity index (χ1v) is 47.9. The summed E-state index contributed by atoms with van der Waals surface area (Å²) in [5, 5.41) is 25.0. The molecule has 3 aromatic rings. The lowest BCUT2D eigenvalue weighted by atomic mass is 9.82. The van der Waals surface area contributed by atoms with Gasteiger partial charge in [-0.2, -0.15) is 0 Å². The number of carbonyl (C=O) groups is 13. The molecule has 0 saturated carbocycles. The van der Waals surface area contributed by atoms with Gasteiger partial charge in [-0.3, -0.25) is 62.6 Å². The minimum atomic E-state index is -1.20. The quantitative estimate of drug-likeness (QED) is 0.0301. The number of hydrogen-bond donors (Lipinski definition) is 2. The molecule has 0 spiro atoms. The van der Waals surface area contributed by atoms with Gasteiger partial charge in [-0.25, -0.2) is 29.3 Å². The van der Waals surface area contributed by atoms with E-state index >= 15 is 0 Å². The summed E-state index contributed by atoms with van der Waals surface area (Å²) in [7, 11) is 7.24. The Balaban J connectivity index is 0.000000390. The lowest BCUT2D eigenvalue weighted by Crippen LogP contribution is -2.50. The third kappa shape index (κ3) is 33.9. The number of likely N-dealkylation sites (tertiary alicyclic amines) is 3. The molecule has 6 rings (SSSR count). The van der Waals surface area contributed by atoms with Crippen LogP contribution in [0.5, 0.6) is 0 Å². The zero-order valence-electron chi connectivity index (χ0n) is 78.3. The second kappa shape index (κ2) is 55.3. The number of piperidine rings is 3. The number of amides is 3. The molecule has 32 heteroatoms. The Morgan fingerprint density at radius 3 is 0.992 bits per heavy atom. The van der Waals surface area contributed by atoms with Crippen LogP contribution in [-0.2, 0) is 71.6 Å². The zero-order valence-corrected chi connectivity index (χ0v) is 80.8. The highest BCUT2D eigenvalue weighted by Crippen LogP contribution is 2.38. The molecule has 0 radical (unpaired) electrons. The van der Waals surface area contributed by atoms with E-state index < -0.39 is 59.7 Å². The first-order valence-electron chi connectivity index (χ1n) is 45.3. The van der Waals surface area contributed by atoms with Crippen LogP contribution in [0.25, 0.3) is 0 Å². The van der Waals surface area contributed by atoms with E-state index in [4.69, 9.17) is 23.7 Å². The summed E-state index contributed by atoms with van der Waals surface area (Å²) in [5.41, 5.74) is 0.116. The molecule has 29 nitrogen and oxygen atoms in total. The van der Waals surface area contributed by atoms with Crippen molar-refractivity contribution in [2.75, 3.05) is 68.1 Å². The van der Waals surface area contributed by atoms with Crippen molar-refractivity contribution in [1.82, 2.24) is 44.4 Å². The molecule has 0 aromatic carbocycles. The van der Waals surface area contributed by atoms with Gasteiger partial charge in [0.25, 0.3) is 0 Å². The average molecular weight is 1800 g/mol. The first kappa shape index (κ1) is 109. The molecule has 3 unspecified atom stereocenters. The number of nitrogens with zero attached hydrogens (tertiary/aromatic N) is 9. The lowest BCUT2D eigenvalue weighted by molar-refractivity contribution is -0.163. The largest absolute Gasteiger partial charge is 0.476 e. The third-order valence-corrected chi connectivity index (χ3v) is 28.0. The van der Waals surface area contributed by atoms with Crippen molar-refractivity contribution >= 4 is 111 Å². The van der Waals surface area contributed by atoms with Gasteiger partial charge in [-0.1, -0.05) is 156 Å². The molecule has 0 bridgehead atoms. The molecule has 3 amide bonds. The molecule has 2 N–H and O–H groups in total. The Labute approximate surface area is 749 Å². The van der Waals surface area contributed by atoms with Crippen molar-refractivity contribution < 1.29 is 96.2 Å². The summed E-state index contributed by atoms with van der Waals surface area (Å²) in [6.45, 7) is 36.9. The zero-order chi connectivity index (χ0) is 92.9. The van der Waals surface area contributed by atoms with Crippen LogP contribution in [0.2, 0.25) is 0 Å². The average Bonchev–Trinajstić information content (AvgIpc) is 1.11. The maximum Gasteiger partial charge on any atom is 0.357 e. The summed E-state index contributed by atoms with van der Waals surface area (Å²) in [4.78, 5) is 192. The number of carbonyl (C=O) groups excluding carboxylic acids is 11. The number of ether oxygens (including phenoxy) is 5. The summed E-state index contributed by atoms with van der Waals surface area (Å²) < 4.78 is 27.2. The minimum Gasteiger partial charge on any atom is -0.476 e. The highest BCUT2D eigenvalue weighted by molar-refractivity contribution is 7.10. The molecular weight excluding hydrogens is 1650 g/mol. The SMILES string of the molecule is CCCC(=O)OCN(C(=O)[C@@H](CC(=O)C1CCCCN1C)[C@@H](C)CC)[C@H](C[C@@H](C)c1nc(C(=O)O)cs1)C(C)C.CCCC(=O)OCN(C(=O)[C@@H](CC(=O)C1CCCCN1C)[C@@H](C)CC)[C@H](C[C@@H](C)c1nc(C(=O)OC)cs1)C(C)C.CCCC(=O)OCN(C(=O)[C@@H](CC(=O)C1CCCCN1C)[C@@H](C)CC)[C@H](C[C@@H](OC(C)=O)c1nc(C(=O)O)cs1)C(C)C. The number of ketones is 3. The van der Waals surface area contributed by atoms with Gasteiger partial charge >= 0.3 is 41.8 Å². The lowest BCUT2D eigenvalue weighted by Gasteiger charge is -2.39. The van der Waals surface area contributed by atoms with E-state index in [2.05, 4.69) is 29.7 Å². The van der Waals surface area contributed by atoms with Crippen LogP contribution in [0, 0.1) is 53.3 Å². The van der Waals surface area contributed by atoms with E-state index in [1.54, 1.807) is 15.2 Å². The van der Waals surface area contributed by atoms with Crippen molar-refractivity contribution in [3.63, 3.8) is 0 Å². The fraction of sp³-hybridized carbons (Fsp3) is 0.761. The number of esters is 5. The molecule has 3 saturated heterocycles. The predicted octanol–water partition coefficient (Wildman–Crippen LogP) is 16.4. The molecular formula is C92H149N9O20S3. The van der Waals surface area contributed by atoms with Crippen molar-refractivity contribution in [3.8, 4) is 0 Å². The Kier molecular flexibility index (Phi) is 48.5. The predicted molar refractivity (Wildman–Crippen MR) is 479 cm³/mol. The Morgan fingerprint density at radius 2 is 0.726 bits per heavy atom. The van der Waals surface area contributed by atoms with Crippen LogP contribution < -0.4 is 0 Å². The van der Waals surface area contributed by atoms with Crippen molar-refractivity contribution in [2.24, 2.45) is 53.3 Å². The molecule has 3 aliphatic rings. The van der Waals surface area contributed by atoms with Gasteiger partial charge in [0.1, 0.15) is 5.01 Å². The van der Waals surface area contributed by atoms with E-state index in [1.165, 1.54) is 52.4 Å². The number of aromatic carboxylic acids is 2. The number of methoxy groups -OCH3 is 1. The molecule has 700 valence electrons. The molecule has 0 aliphatic carbocycles. The maximum atomic E-state index is 14.5. The fourth-order valence-corrected chi connectivity index (χ4v) is 19.1. The van der Waals surface area contributed by atoms with E-state index in [1.807, 2.05) is 139 Å². The molecule has 3 aliphatic heterocycles. The molecule has 3 aromatic heterocycles. The Bertz CT molecular complexity index is 3880. The number of carboxylic acids is 2. The van der Waals surface area contributed by atoms with Gasteiger partial charge in [0.05, 0.1) is 35.3 Å². The van der Waals surface area contributed by atoms with E-state index in [-0.39, 0.29) is 207 Å². The molecule has 124 heavy (non-hydrogen) atoms. The topological polar surface area (TPSA) is 367 Å². The molecule has 15 atom stereocenters. The van der Waals surface area contributed by atoms with Gasteiger partial charge in [0.2, 0.25) is 17.7 Å². The summed E-state index contributed by atoms with van der Waals surface area (Å²) in [5.74, 6) is -6.94. The number of carboxylic acid groups (broad SMARTS) is 2. The van der Waals surface area contributed by atoms with Gasteiger partial charge in [0, 0.05) is 116 Å². The van der Waals surface area contributed by atoms with Gasteiger partial charge in [-0.05, 0) is 147 Å². The van der Waals surface area contributed by atoms with E-state index in [0.29, 0.717) is 48.5 Å².